The number of ether oxygens (including phenoxy) is 1. The Morgan fingerprint density at radius 3 is 2.91 bits per heavy atom. The van der Waals surface area contributed by atoms with E-state index in [0.717, 1.165) is 0 Å². The zero-order valence-corrected chi connectivity index (χ0v) is 8.89. The van der Waals surface area contributed by atoms with E-state index in [1.165, 1.54) is 11.3 Å². The molecule has 5 heteroatoms. The molecule has 0 radical (unpaired) electrons. The standard InChI is InChI=1S/C6H6O3S.Na/c7-6(8)3-9-5-1-2-10-4-5;/h1-2,4H,3H2,(H,7,8);/q;+1/p-1. The molecule has 0 amide bonds. The van der Waals surface area contributed by atoms with Gasteiger partial charge in [-0.25, -0.2) is 0 Å². The summed E-state index contributed by atoms with van der Waals surface area (Å²) in [7, 11) is 0. The smallest absolute Gasteiger partial charge is 0.546 e. The van der Waals surface area contributed by atoms with Gasteiger partial charge in [-0.05, 0) is 11.4 Å². The van der Waals surface area contributed by atoms with Gasteiger partial charge >= 0.3 is 29.6 Å². The number of carboxylic acid groups (broad SMARTS) is 1. The first-order chi connectivity index (χ1) is 4.79. The molecule has 0 aliphatic rings. The van der Waals surface area contributed by atoms with Gasteiger partial charge in [-0.15, -0.1) is 11.3 Å². The van der Waals surface area contributed by atoms with Crippen molar-refractivity contribution in [1.29, 1.82) is 0 Å². The third-order valence-electron chi connectivity index (χ3n) is 0.852. The molecule has 0 spiro atoms. The van der Waals surface area contributed by atoms with Crippen LogP contribution in [0.15, 0.2) is 16.8 Å². The minimum Gasteiger partial charge on any atom is -0.546 e. The molecule has 1 heterocycles. The van der Waals surface area contributed by atoms with Crippen LogP contribution in [0.5, 0.6) is 5.75 Å². The predicted octanol–water partition coefficient (Wildman–Crippen LogP) is -3.12. The van der Waals surface area contributed by atoms with E-state index in [1.807, 2.05) is 5.38 Å². The summed E-state index contributed by atoms with van der Waals surface area (Å²) in [6, 6.07) is 1.70. The van der Waals surface area contributed by atoms with Crippen LogP contribution >= 0.6 is 11.3 Å². The van der Waals surface area contributed by atoms with Crippen LogP contribution in [0.1, 0.15) is 0 Å². The molecule has 0 fully saturated rings. The van der Waals surface area contributed by atoms with Crippen molar-refractivity contribution >= 4 is 17.3 Å². The van der Waals surface area contributed by atoms with Crippen LogP contribution in [0.4, 0.5) is 0 Å². The second kappa shape index (κ2) is 5.60. The van der Waals surface area contributed by atoms with Gasteiger partial charge in [0.1, 0.15) is 12.4 Å². The molecule has 0 saturated carbocycles. The number of hydrogen-bond acceptors (Lipinski definition) is 4. The fourth-order valence-corrected chi connectivity index (χ4v) is 1.05. The van der Waals surface area contributed by atoms with Crippen molar-refractivity contribution in [1.82, 2.24) is 0 Å². The van der Waals surface area contributed by atoms with Gasteiger partial charge in [0.05, 0.1) is 5.97 Å². The number of carbonyl (C=O) groups is 1. The van der Waals surface area contributed by atoms with Gasteiger partial charge < -0.3 is 14.6 Å². The van der Waals surface area contributed by atoms with Gasteiger partial charge in [0, 0.05) is 5.38 Å². The topological polar surface area (TPSA) is 49.4 Å². The summed E-state index contributed by atoms with van der Waals surface area (Å²) < 4.78 is 4.76. The predicted molar refractivity (Wildman–Crippen MR) is 34.8 cm³/mol. The molecule has 1 aromatic heterocycles. The first-order valence-corrected chi connectivity index (χ1v) is 3.58. The molecule has 1 aromatic rings. The van der Waals surface area contributed by atoms with Crippen molar-refractivity contribution < 1.29 is 44.2 Å². The molecule has 0 bridgehead atoms. The molecule has 0 aliphatic carbocycles. The quantitative estimate of drug-likeness (QED) is 0.462. The molecule has 0 aromatic carbocycles. The van der Waals surface area contributed by atoms with Crippen LogP contribution in [0.3, 0.4) is 0 Å². The Hall–Kier alpha value is -0.0300. The molecule has 0 aliphatic heterocycles. The summed E-state index contributed by atoms with van der Waals surface area (Å²) in [5, 5.41) is 13.4. The number of thiophene rings is 1. The fraction of sp³-hybridized carbons (Fsp3) is 0.167. The Kier molecular flexibility index (Phi) is 5.58. The zero-order valence-electron chi connectivity index (χ0n) is 6.07. The second-order valence-corrected chi connectivity index (χ2v) is 2.40. The van der Waals surface area contributed by atoms with Gasteiger partial charge in [-0.3, -0.25) is 0 Å². The molecule has 11 heavy (non-hydrogen) atoms. The molecular formula is C6H5NaO3S. The number of hydrogen-bond donors (Lipinski definition) is 0. The molecule has 0 unspecified atom stereocenters. The number of carboxylic acids is 1. The van der Waals surface area contributed by atoms with E-state index in [9.17, 15) is 9.90 Å². The van der Waals surface area contributed by atoms with Gasteiger partial charge in [0.25, 0.3) is 0 Å². The second-order valence-electron chi connectivity index (χ2n) is 1.62. The maximum absolute atomic E-state index is 9.86. The molecule has 0 saturated heterocycles. The van der Waals surface area contributed by atoms with Gasteiger partial charge in [-0.2, -0.15) is 0 Å². The molecular weight excluding hydrogens is 175 g/mol. The summed E-state index contributed by atoms with van der Waals surface area (Å²) in [5.41, 5.74) is 0. The number of aliphatic carboxylic acids is 1. The van der Waals surface area contributed by atoms with Crippen molar-refractivity contribution in [2.24, 2.45) is 0 Å². The fourth-order valence-electron chi connectivity index (χ4n) is 0.476. The summed E-state index contributed by atoms with van der Waals surface area (Å²) in [4.78, 5) is 9.86. The van der Waals surface area contributed by atoms with E-state index in [-0.39, 0.29) is 36.2 Å². The zero-order chi connectivity index (χ0) is 7.40. The van der Waals surface area contributed by atoms with Crippen molar-refractivity contribution in [3.63, 3.8) is 0 Å². The number of carbonyl (C=O) groups excluding carboxylic acids is 1. The third-order valence-corrected chi connectivity index (χ3v) is 1.51. The van der Waals surface area contributed by atoms with Gasteiger partial charge in [0.15, 0.2) is 0 Å². The van der Waals surface area contributed by atoms with Gasteiger partial charge in [-0.1, -0.05) is 0 Å². The van der Waals surface area contributed by atoms with Crippen LogP contribution < -0.4 is 39.4 Å². The Morgan fingerprint density at radius 1 is 1.73 bits per heavy atom. The summed E-state index contributed by atoms with van der Waals surface area (Å²) >= 11 is 1.45. The van der Waals surface area contributed by atoms with Crippen LogP contribution in [0.25, 0.3) is 0 Å². The minimum atomic E-state index is -1.20. The normalized spacial score (nSPS) is 8.36. The SMILES string of the molecule is O=C([O-])COc1ccsc1.[Na+]. The number of rotatable bonds is 3. The Morgan fingerprint density at radius 2 is 2.45 bits per heavy atom. The van der Waals surface area contributed by atoms with E-state index in [2.05, 4.69) is 0 Å². The molecule has 1 rings (SSSR count). The minimum absolute atomic E-state index is 0. The molecule has 0 N–H and O–H groups in total. The van der Waals surface area contributed by atoms with E-state index < -0.39 is 5.97 Å². The average Bonchev–Trinajstić information content (AvgIpc) is 2.34. The average molecular weight is 180 g/mol. The Bertz CT molecular complexity index is 210. The Balaban J connectivity index is 0.000001000. The van der Waals surface area contributed by atoms with E-state index in [4.69, 9.17) is 4.74 Å². The van der Waals surface area contributed by atoms with Crippen molar-refractivity contribution in [2.45, 2.75) is 0 Å². The molecule has 54 valence electrons. The molecule has 3 nitrogen and oxygen atoms in total. The summed E-state index contributed by atoms with van der Waals surface area (Å²) in [6.07, 6.45) is 0. The van der Waals surface area contributed by atoms with E-state index >= 15 is 0 Å². The summed E-state index contributed by atoms with van der Waals surface area (Å²) in [6.45, 7) is -0.378. The van der Waals surface area contributed by atoms with Crippen LogP contribution in [-0.4, -0.2) is 12.6 Å². The van der Waals surface area contributed by atoms with E-state index in [0.29, 0.717) is 5.75 Å². The summed E-state index contributed by atoms with van der Waals surface area (Å²) in [5.74, 6) is -0.625. The Labute approximate surface area is 90.3 Å². The van der Waals surface area contributed by atoms with Crippen LogP contribution in [0.2, 0.25) is 0 Å². The maximum Gasteiger partial charge on any atom is 1.00 e. The largest absolute Gasteiger partial charge is 1.00 e. The van der Waals surface area contributed by atoms with Crippen LogP contribution in [-0.2, 0) is 4.79 Å². The van der Waals surface area contributed by atoms with Gasteiger partial charge in [0.2, 0.25) is 0 Å². The van der Waals surface area contributed by atoms with E-state index in [1.54, 1.807) is 11.4 Å². The van der Waals surface area contributed by atoms with Crippen molar-refractivity contribution in [3.8, 4) is 5.75 Å². The first-order valence-electron chi connectivity index (χ1n) is 2.64. The maximum atomic E-state index is 9.86. The third kappa shape index (κ3) is 4.42. The molecule has 0 atom stereocenters. The van der Waals surface area contributed by atoms with Crippen molar-refractivity contribution in [3.05, 3.63) is 16.8 Å². The monoisotopic (exact) mass is 180 g/mol. The first kappa shape index (κ1) is 11.0. The van der Waals surface area contributed by atoms with Crippen LogP contribution in [0, 0.1) is 0 Å². The van der Waals surface area contributed by atoms with Crippen molar-refractivity contribution in [2.75, 3.05) is 6.61 Å².